The predicted molar refractivity (Wildman–Crippen MR) is 73.9 cm³/mol. The average molecular weight is 300 g/mol. The maximum atomic E-state index is 11.5. The van der Waals surface area contributed by atoms with Gasteiger partial charge in [-0.15, -0.1) is 0 Å². The maximum absolute atomic E-state index is 11.5. The lowest BCUT2D eigenvalue weighted by Crippen LogP contribution is -2.17. The van der Waals surface area contributed by atoms with Crippen LogP contribution >= 0.6 is 35.6 Å². The zero-order chi connectivity index (χ0) is 12.7. The van der Waals surface area contributed by atoms with Crippen molar-refractivity contribution < 1.29 is 14.3 Å². The molecular weight excluding hydrogens is 294 g/mol. The molecule has 1 aromatic carbocycles. The largest absolute Gasteiger partial charge is 0.454 e. The summed E-state index contributed by atoms with van der Waals surface area (Å²) in [6, 6.07) is 3.49. The molecule has 2 aliphatic heterocycles. The molecule has 0 aliphatic carbocycles. The lowest BCUT2D eigenvalue weighted by molar-refractivity contribution is -0.115. The van der Waals surface area contributed by atoms with Crippen LogP contribution in [0.5, 0.6) is 11.5 Å². The summed E-state index contributed by atoms with van der Waals surface area (Å²) >= 11 is 12.2. The van der Waals surface area contributed by atoms with E-state index in [0.717, 1.165) is 5.56 Å². The highest BCUT2D eigenvalue weighted by molar-refractivity contribution is 8.26. The van der Waals surface area contributed by atoms with Gasteiger partial charge in [0.15, 0.2) is 11.5 Å². The van der Waals surface area contributed by atoms with Crippen molar-refractivity contribution in [2.24, 2.45) is 0 Å². The Morgan fingerprint density at radius 3 is 3.00 bits per heavy atom. The predicted octanol–water partition coefficient (Wildman–Crippen LogP) is 2.56. The Labute approximate surface area is 117 Å². The van der Waals surface area contributed by atoms with Gasteiger partial charge >= 0.3 is 0 Å². The summed E-state index contributed by atoms with van der Waals surface area (Å²) in [4.78, 5) is 12.1. The number of thiocarbonyl (C=S) groups is 1. The monoisotopic (exact) mass is 299 g/mol. The van der Waals surface area contributed by atoms with E-state index in [1.165, 1.54) is 11.8 Å². The van der Waals surface area contributed by atoms with Crippen LogP contribution in [0.3, 0.4) is 0 Å². The van der Waals surface area contributed by atoms with Crippen LogP contribution in [0.2, 0.25) is 5.02 Å². The zero-order valence-corrected chi connectivity index (χ0v) is 11.2. The van der Waals surface area contributed by atoms with Crippen LogP contribution in [-0.4, -0.2) is 17.0 Å². The first kappa shape index (κ1) is 11.8. The minimum absolute atomic E-state index is 0.161. The molecule has 0 spiro atoms. The molecule has 0 radical (unpaired) electrons. The minimum Gasteiger partial charge on any atom is -0.454 e. The lowest BCUT2D eigenvalue weighted by Gasteiger charge is -2.01. The Kier molecular flexibility index (Phi) is 2.93. The van der Waals surface area contributed by atoms with E-state index in [9.17, 15) is 4.79 Å². The highest BCUT2D eigenvalue weighted by atomic mass is 35.5. The van der Waals surface area contributed by atoms with Gasteiger partial charge in [0, 0.05) is 0 Å². The molecule has 1 aromatic rings. The van der Waals surface area contributed by atoms with Gasteiger partial charge in [0.2, 0.25) is 6.79 Å². The van der Waals surface area contributed by atoms with Gasteiger partial charge in [-0.05, 0) is 23.8 Å². The highest BCUT2D eigenvalue weighted by Crippen LogP contribution is 2.40. The number of rotatable bonds is 1. The molecule has 2 aliphatic rings. The normalized spacial score (nSPS) is 19.5. The maximum Gasteiger partial charge on any atom is 0.263 e. The van der Waals surface area contributed by atoms with Crippen molar-refractivity contribution >= 4 is 51.9 Å². The third kappa shape index (κ3) is 2.07. The average Bonchev–Trinajstić information content (AvgIpc) is 2.86. The van der Waals surface area contributed by atoms with Crippen LogP contribution in [0.1, 0.15) is 5.56 Å². The number of carbonyl (C=O) groups excluding carboxylic acids is 1. The summed E-state index contributed by atoms with van der Waals surface area (Å²) in [6.45, 7) is 0.161. The van der Waals surface area contributed by atoms with Crippen LogP contribution in [0, 0.1) is 0 Å². The number of benzene rings is 1. The molecule has 1 saturated heterocycles. The number of halogens is 1. The molecule has 1 N–H and O–H groups in total. The summed E-state index contributed by atoms with van der Waals surface area (Å²) in [5, 5.41) is 3.01. The van der Waals surface area contributed by atoms with Gasteiger partial charge in [-0.25, -0.2) is 0 Å². The second-order valence-electron chi connectivity index (χ2n) is 3.59. The Balaban J connectivity index is 1.99. The van der Waals surface area contributed by atoms with Gasteiger partial charge in [0.25, 0.3) is 5.91 Å². The van der Waals surface area contributed by atoms with Crippen molar-refractivity contribution in [1.29, 1.82) is 0 Å². The quantitative estimate of drug-likeness (QED) is 0.638. The molecule has 7 heteroatoms. The summed E-state index contributed by atoms with van der Waals surface area (Å²) in [7, 11) is 0. The Morgan fingerprint density at radius 2 is 2.28 bits per heavy atom. The van der Waals surface area contributed by atoms with E-state index in [0.29, 0.717) is 25.7 Å². The minimum atomic E-state index is -0.196. The Bertz CT molecular complexity index is 600. The Morgan fingerprint density at radius 1 is 1.44 bits per heavy atom. The fraction of sp³-hybridized carbons (Fsp3) is 0.0909. The zero-order valence-electron chi connectivity index (χ0n) is 8.86. The molecule has 18 heavy (non-hydrogen) atoms. The van der Waals surface area contributed by atoms with Gasteiger partial charge in [0.05, 0.1) is 9.93 Å². The van der Waals surface area contributed by atoms with Crippen LogP contribution in [0.25, 0.3) is 6.08 Å². The first-order valence-corrected chi connectivity index (χ1v) is 6.58. The second kappa shape index (κ2) is 4.46. The number of amides is 1. The topological polar surface area (TPSA) is 47.6 Å². The van der Waals surface area contributed by atoms with E-state index in [1.54, 1.807) is 18.2 Å². The smallest absolute Gasteiger partial charge is 0.263 e. The molecule has 1 amide bonds. The number of hydrogen-bond donors (Lipinski definition) is 1. The van der Waals surface area contributed by atoms with Crippen molar-refractivity contribution in [2.45, 2.75) is 0 Å². The van der Waals surface area contributed by atoms with Crippen molar-refractivity contribution in [2.75, 3.05) is 6.79 Å². The van der Waals surface area contributed by atoms with E-state index in [1.807, 2.05) is 0 Å². The number of nitrogens with one attached hydrogen (secondary N) is 1. The number of ether oxygens (including phenoxy) is 2. The molecule has 4 nitrogen and oxygen atoms in total. The highest BCUT2D eigenvalue weighted by Gasteiger charge is 2.23. The molecule has 0 saturated carbocycles. The summed E-state index contributed by atoms with van der Waals surface area (Å²) in [6.07, 6.45) is 1.72. The van der Waals surface area contributed by atoms with E-state index < -0.39 is 0 Å². The number of carbonyl (C=O) groups is 1. The van der Waals surface area contributed by atoms with E-state index in [4.69, 9.17) is 33.3 Å². The molecule has 2 heterocycles. The van der Waals surface area contributed by atoms with Crippen LogP contribution in [0.15, 0.2) is 17.0 Å². The molecule has 3 rings (SSSR count). The van der Waals surface area contributed by atoms with E-state index in [2.05, 4.69) is 5.32 Å². The molecule has 0 bridgehead atoms. The van der Waals surface area contributed by atoms with E-state index in [-0.39, 0.29) is 12.7 Å². The summed E-state index contributed by atoms with van der Waals surface area (Å²) < 4.78 is 10.9. The van der Waals surface area contributed by atoms with Crippen molar-refractivity contribution in [3.63, 3.8) is 0 Å². The SMILES string of the molecule is O=C1NC(=S)SC1=Cc1cc(Cl)c2c(c1)OCO2. The molecule has 92 valence electrons. The van der Waals surface area contributed by atoms with Crippen LogP contribution in [0.4, 0.5) is 0 Å². The van der Waals surface area contributed by atoms with Gasteiger partial charge in [-0.1, -0.05) is 35.6 Å². The fourth-order valence-electron chi connectivity index (χ4n) is 1.64. The molecule has 0 atom stereocenters. The molecular formula is C11H6ClNO3S2. The van der Waals surface area contributed by atoms with Gasteiger partial charge in [0.1, 0.15) is 4.32 Å². The molecule has 1 fully saturated rings. The first-order valence-electron chi connectivity index (χ1n) is 4.97. The standard InChI is InChI=1S/C11H6ClNO3S2/c12-6-1-5(2-7-9(6)16-4-15-7)3-8-10(14)13-11(17)18-8/h1-3H,4H2,(H,13,14,17). The van der Waals surface area contributed by atoms with Crippen LogP contribution in [-0.2, 0) is 4.79 Å². The Hall–Kier alpha value is -1.24. The third-order valence-electron chi connectivity index (χ3n) is 2.39. The van der Waals surface area contributed by atoms with Crippen molar-refractivity contribution in [1.82, 2.24) is 5.32 Å². The lowest BCUT2D eigenvalue weighted by atomic mass is 10.2. The van der Waals surface area contributed by atoms with Crippen LogP contribution < -0.4 is 14.8 Å². The van der Waals surface area contributed by atoms with Gasteiger partial charge in [-0.2, -0.15) is 0 Å². The first-order chi connectivity index (χ1) is 8.63. The molecule has 0 aromatic heterocycles. The number of fused-ring (bicyclic) bond motifs is 1. The summed E-state index contributed by atoms with van der Waals surface area (Å²) in [5.41, 5.74) is 0.770. The van der Waals surface area contributed by atoms with E-state index >= 15 is 0 Å². The number of hydrogen-bond acceptors (Lipinski definition) is 5. The van der Waals surface area contributed by atoms with Crippen molar-refractivity contribution in [3.05, 3.63) is 27.6 Å². The van der Waals surface area contributed by atoms with Crippen molar-refractivity contribution in [3.8, 4) is 11.5 Å². The summed E-state index contributed by atoms with van der Waals surface area (Å²) in [5.74, 6) is 0.928. The fourth-order valence-corrected chi connectivity index (χ4v) is 2.96. The van der Waals surface area contributed by atoms with Gasteiger partial charge < -0.3 is 14.8 Å². The molecule has 0 unspecified atom stereocenters. The number of thioether (sulfide) groups is 1. The second-order valence-corrected chi connectivity index (χ2v) is 5.71. The third-order valence-corrected chi connectivity index (χ3v) is 3.83. The van der Waals surface area contributed by atoms with Gasteiger partial charge in [-0.3, -0.25) is 4.79 Å².